The van der Waals surface area contributed by atoms with Gasteiger partial charge in [0.1, 0.15) is 11.9 Å². The molecule has 5 rings (SSSR count). The van der Waals surface area contributed by atoms with E-state index in [0.717, 1.165) is 17.6 Å². The number of nitrogens with one attached hydrogen (secondary N) is 1. The first-order valence-electron chi connectivity index (χ1n) is 10.7. The number of carboxylic acids is 1. The van der Waals surface area contributed by atoms with Gasteiger partial charge in [0, 0.05) is 16.1 Å². The molecule has 3 heterocycles. The number of hydrogen-bond acceptors (Lipinski definition) is 4. The number of carbonyl (C=O) groups is 1. The van der Waals surface area contributed by atoms with Crippen LogP contribution in [0.25, 0.3) is 27.9 Å². The summed E-state index contributed by atoms with van der Waals surface area (Å²) in [6.45, 7) is 1.24. The fourth-order valence-corrected chi connectivity index (χ4v) is 5.43. The molecule has 1 aliphatic heterocycles. The lowest BCUT2D eigenvalue weighted by atomic mass is 9.86. The van der Waals surface area contributed by atoms with Gasteiger partial charge in [-0.2, -0.15) is 0 Å². The van der Waals surface area contributed by atoms with Crippen molar-refractivity contribution < 1.29 is 23.8 Å². The number of H-pyrrole nitrogens is 1. The average Bonchev–Trinajstić information content (AvgIpc) is 3.43. The number of aliphatic carboxylic acids is 1. The molecular formula is C24H21ClFIN2O4. The number of hydrogen-bond donors (Lipinski definition) is 2. The molecule has 0 amide bonds. The van der Waals surface area contributed by atoms with E-state index in [0.29, 0.717) is 69.2 Å². The number of aromatic nitrogens is 2. The van der Waals surface area contributed by atoms with Crippen LogP contribution in [0.3, 0.4) is 0 Å². The van der Waals surface area contributed by atoms with Gasteiger partial charge < -0.3 is 19.6 Å². The van der Waals surface area contributed by atoms with Crippen LogP contribution in [-0.2, 0) is 9.53 Å². The van der Waals surface area contributed by atoms with Crippen molar-refractivity contribution in [3.8, 4) is 17.1 Å². The zero-order valence-electron chi connectivity index (χ0n) is 17.5. The van der Waals surface area contributed by atoms with E-state index in [1.54, 1.807) is 12.1 Å². The summed E-state index contributed by atoms with van der Waals surface area (Å²) in [4.78, 5) is 19.0. The van der Waals surface area contributed by atoms with Crippen LogP contribution < -0.4 is 4.74 Å². The second-order valence-corrected chi connectivity index (χ2v) is 9.91. The standard InChI is InChI=1S/C24H21ClFIN2O4/c25-16-9-19-20(10-21(28-19)33-15-5-6-32-11-15)29-23(16)22-17(26)7-14(8-18(22)27)12-1-3-13(4-2-12)24(30)31/h1,7-10,13,15,28H,2-6,11H2,(H,30,31)/t13?,15-/m0/s1. The predicted molar refractivity (Wildman–Crippen MR) is 132 cm³/mol. The largest absolute Gasteiger partial charge is 0.481 e. The van der Waals surface area contributed by atoms with Crippen LogP contribution in [0.15, 0.2) is 30.3 Å². The van der Waals surface area contributed by atoms with E-state index in [1.807, 2.05) is 12.1 Å². The topological polar surface area (TPSA) is 84.4 Å². The number of rotatable bonds is 5. The summed E-state index contributed by atoms with van der Waals surface area (Å²) in [6, 6.07) is 6.91. The highest BCUT2D eigenvalue weighted by Crippen LogP contribution is 2.38. The molecule has 0 radical (unpaired) electrons. The molecule has 2 atom stereocenters. The molecule has 0 spiro atoms. The van der Waals surface area contributed by atoms with Crippen LogP contribution in [0.1, 0.15) is 31.2 Å². The van der Waals surface area contributed by atoms with Crippen molar-refractivity contribution in [3.05, 3.63) is 50.3 Å². The Kier molecular flexibility index (Phi) is 6.32. The molecule has 3 aromatic rings. The molecule has 1 unspecified atom stereocenters. The van der Waals surface area contributed by atoms with Crippen LogP contribution in [-0.4, -0.2) is 40.4 Å². The maximum Gasteiger partial charge on any atom is 0.306 e. The van der Waals surface area contributed by atoms with Gasteiger partial charge in [-0.05, 0) is 71.2 Å². The number of carboxylic acid groups (broad SMARTS) is 1. The number of benzene rings is 1. The first kappa shape index (κ1) is 22.6. The maximum atomic E-state index is 15.3. The summed E-state index contributed by atoms with van der Waals surface area (Å²) in [7, 11) is 0. The van der Waals surface area contributed by atoms with Crippen LogP contribution in [0.5, 0.6) is 5.88 Å². The summed E-state index contributed by atoms with van der Waals surface area (Å²) >= 11 is 8.61. The van der Waals surface area contributed by atoms with Gasteiger partial charge >= 0.3 is 5.97 Å². The highest BCUT2D eigenvalue weighted by Gasteiger charge is 2.24. The Bertz CT molecular complexity index is 1250. The molecule has 0 bridgehead atoms. The van der Waals surface area contributed by atoms with Crippen LogP contribution in [0.4, 0.5) is 4.39 Å². The first-order valence-corrected chi connectivity index (χ1v) is 12.2. The van der Waals surface area contributed by atoms with Crippen molar-refractivity contribution in [1.82, 2.24) is 9.97 Å². The Morgan fingerprint density at radius 2 is 2.15 bits per heavy atom. The normalized spacial score (nSPS) is 20.8. The van der Waals surface area contributed by atoms with Crippen molar-refractivity contribution in [2.24, 2.45) is 5.92 Å². The van der Waals surface area contributed by atoms with Gasteiger partial charge in [-0.25, -0.2) is 9.37 Å². The molecule has 2 N–H and O–H groups in total. The van der Waals surface area contributed by atoms with Gasteiger partial charge in [0.25, 0.3) is 0 Å². The Hall–Kier alpha value is -2.17. The van der Waals surface area contributed by atoms with E-state index < -0.39 is 11.8 Å². The highest BCUT2D eigenvalue weighted by atomic mass is 127. The van der Waals surface area contributed by atoms with E-state index >= 15 is 4.39 Å². The van der Waals surface area contributed by atoms with Gasteiger partial charge in [0.05, 0.1) is 46.4 Å². The van der Waals surface area contributed by atoms with Crippen molar-refractivity contribution in [3.63, 3.8) is 0 Å². The molecule has 1 aliphatic carbocycles. The molecule has 2 aromatic heterocycles. The number of allylic oxidation sites excluding steroid dienone is 2. The lowest BCUT2D eigenvalue weighted by Crippen LogP contribution is -2.15. The molecule has 1 saturated heterocycles. The molecular weight excluding hydrogens is 562 g/mol. The monoisotopic (exact) mass is 582 g/mol. The molecule has 172 valence electrons. The Labute approximate surface area is 208 Å². The van der Waals surface area contributed by atoms with Gasteiger partial charge in [-0.3, -0.25) is 4.79 Å². The summed E-state index contributed by atoms with van der Waals surface area (Å²) in [5.74, 6) is -0.992. The fraction of sp³-hybridized carbons (Fsp3) is 0.333. The maximum absolute atomic E-state index is 15.3. The Morgan fingerprint density at radius 3 is 2.82 bits per heavy atom. The number of aromatic amines is 1. The Morgan fingerprint density at radius 1 is 1.30 bits per heavy atom. The van der Waals surface area contributed by atoms with Crippen LogP contribution in [0, 0.1) is 15.3 Å². The smallest absolute Gasteiger partial charge is 0.306 e. The predicted octanol–water partition coefficient (Wildman–Crippen LogP) is 6.06. The van der Waals surface area contributed by atoms with E-state index in [1.165, 1.54) is 6.07 Å². The third-order valence-corrected chi connectivity index (χ3v) is 7.26. The minimum atomic E-state index is -0.785. The fourth-order valence-electron chi connectivity index (χ4n) is 4.34. The highest BCUT2D eigenvalue weighted by molar-refractivity contribution is 14.1. The number of pyridine rings is 1. The molecule has 9 heteroatoms. The molecule has 2 aliphatic rings. The SMILES string of the molecule is O=C(O)C1CC=C(c2cc(F)c(-c3nc4cc(O[C@H]5CCOC5)[nH]c4cc3Cl)c(I)c2)CC1. The zero-order valence-corrected chi connectivity index (χ0v) is 20.5. The number of ether oxygens (including phenoxy) is 2. The van der Waals surface area contributed by atoms with E-state index in [-0.39, 0.29) is 12.0 Å². The summed E-state index contributed by atoms with van der Waals surface area (Å²) < 4.78 is 27.3. The third kappa shape index (κ3) is 4.61. The quantitative estimate of drug-likeness (QED) is 0.357. The molecule has 1 fully saturated rings. The number of nitrogens with zero attached hydrogens (tertiary/aromatic N) is 1. The number of halogens is 3. The lowest BCUT2D eigenvalue weighted by Gasteiger charge is -2.19. The van der Waals surface area contributed by atoms with Gasteiger partial charge in [-0.1, -0.05) is 17.7 Å². The van der Waals surface area contributed by atoms with Crippen molar-refractivity contribution in [1.29, 1.82) is 0 Å². The van der Waals surface area contributed by atoms with Gasteiger partial charge in [0.15, 0.2) is 5.88 Å². The second kappa shape index (κ2) is 9.23. The summed E-state index contributed by atoms with van der Waals surface area (Å²) in [6.07, 6.45) is 4.35. The van der Waals surface area contributed by atoms with Crippen molar-refractivity contribution in [2.75, 3.05) is 13.2 Å². The zero-order chi connectivity index (χ0) is 23.1. The average molecular weight is 583 g/mol. The van der Waals surface area contributed by atoms with E-state index in [2.05, 4.69) is 32.6 Å². The van der Waals surface area contributed by atoms with Crippen LogP contribution >= 0.6 is 34.2 Å². The van der Waals surface area contributed by atoms with Gasteiger partial charge in [0.2, 0.25) is 0 Å². The molecule has 1 aromatic carbocycles. The molecule has 6 nitrogen and oxygen atoms in total. The summed E-state index contributed by atoms with van der Waals surface area (Å²) in [5, 5.41) is 9.53. The lowest BCUT2D eigenvalue weighted by molar-refractivity contribution is -0.141. The summed E-state index contributed by atoms with van der Waals surface area (Å²) in [5.41, 5.74) is 3.80. The van der Waals surface area contributed by atoms with E-state index in [9.17, 15) is 9.90 Å². The molecule has 0 saturated carbocycles. The van der Waals surface area contributed by atoms with Crippen molar-refractivity contribution >= 4 is 56.8 Å². The second-order valence-electron chi connectivity index (χ2n) is 8.34. The minimum Gasteiger partial charge on any atom is -0.481 e. The first-order chi connectivity index (χ1) is 15.9. The molecule has 33 heavy (non-hydrogen) atoms. The third-order valence-electron chi connectivity index (χ3n) is 6.12. The minimum absolute atomic E-state index is 0.00110. The number of fused-ring (bicyclic) bond motifs is 1. The van der Waals surface area contributed by atoms with Crippen LogP contribution in [0.2, 0.25) is 5.02 Å². The Balaban J connectivity index is 1.46. The van der Waals surface area contributed by atoms with Gasteiger partial charge in [-0.15, -0.1) is 0 Å². The van der Waals surface area contributed by atoms with Crippen molar-refractivity contribution in [2.45, 2.75) is 31.8 Å². The van der Waals surface area contributed by atoms with E-state index in [4.69, 9.17) is 21.1 Å².